The van der Waals surface area contributed by atoms with E-state index in [9.17, 15) is 9.18 Å². The van der Waals surface area contributed by atoms with Crippen LogP contribution < -0.4 is 14.8 Å². The smallest absolute Gasteiger partial charge is 0.251 e. The third-order valence-electron chi connectivity index (χ3n) is 3.37. The standard InChI is InChI=1S/C18H20FNO3/c1-12-6-4-5-7-16(12)23-11-13(2)20-18(21)14-8-9-17(22-3)15(19)10-14/h4-10,13H,11H2,1-3H3,(H,20,21). The number of amides is 1. The quantitative estimate of drug-likeness (QED) is 0.889. The van der Waals surface area contributed by atoms with Gasteiger partial charge < -0.3 is 14.8 Å². The molecule has 4 nitrogen and oxygen atoms in total. The maximum Gasteiger partial charge on any atom is 0.251 e. The van der Waals surface area contributed by atoms with Crippen LogP contribution in [0, 0.1) is 12.7 Å². The molecule has 0 radical (unpaired) electrons. The summed E-state index contributed by atoms with van der Waals surface area (Å²) in [5.41, 5.74) is 1.27. The highest BCUT2D eigenvalue weighted by atomic mass is 19.1. The van der Waals surface area contributed by atoms with Gasteiger partial charge >= 0.3 is 0 Å². The number of para-hydroxylation sites is 1. The van der Waals surface area contributed by atoms with E-state index >= 15 is 0 Å². The average molecular weight is 317 g/mol. The van der Waals surface area contributed by atoms with Crippen molar-refractivity contribution in [3.8, 4) is 11.5 Å². The summed E-state index contributed by atoms with van der Waals surface area (Å²) in [6.45, 7) is 4.12. The molecule has 0 fully saturated rings. The predicted octanol–water partition coefficient (Wildman–Crippen LogP) is 3.34. The van der Waals surface area contributed by atoms with Crippen LogP contribution >= 0.6 is 0 Å². The third-order valence-corrected chi connectivity index (χ3v) is 3.37. The van der Waals surface area contributed by atoms with Crippen molar-refractivity contribution in [1.29, 1.82) is 0 Å². The van der Waals surface area contributed by atoms with Crippen LogP contribution in [0.3, 0.4) is 0 Å². The summed E-state index contributed by atoms with van der Waals surface area (Å²) >= 11 is 0. The Labute approximate surface area is 135 Å². The van der Waals surface area contributed by atoms with E-state index in [4.69, 9.17) is 9.47 Å². The minimum Gasteiger partial charge on any atom is -0.494 e. The summed E-state index contributed by atoms with van der Waals surface area (Å²) in [5.74, 6) is -0.0297. The maximum atomic E-state index is 13.6. The zero-order valence-electron chi connectivity index (χ0n) is 13.4. The summed E-state index contributed by atoms with van der Waals surface area (Å²) in [4.78, 5) is 12.1. The molecule has 0 aromatic heterocycles. The van der Waals surface area contributed by atoms with Crippen LogP contribution in [0.1, 0.15) is 22.8 Å². The van der Waals surface area contributed by atoms with Crippen LogP contribution in [-0.4, -0.2) is 25.7 Å². The molecule has 1 amide bonds. The molecule has 2 aromatic rings. The summed E-state index contributed by atoms with van der Waals surface area (Å²) in [6.07, 6.45) is 0. The molecule has 23 heavy (non-hydrogen) atoms. The van der Waals surface area contributed by atoms with E-state index in [0.717, 1.165) is 17.4 Å². The molecule has 0 spiro atoms. The summed E-state index contributed by atoms with van der Waals surface area (Å²) in [6, 6.07) is 11.6. The number of methoxy groups -OCH3 is 1. The molecule has 1 N–H and O–H groups in total. The van der Waals surface area contributed by atoms with Crippen LogP contribution in [0.2, 0.25) is 0 Å². The number of hydrogen-bond acceptors (Lipinski definition) is 3. The molecule has 0 heterocycles. The van der Waals surface area contributed by atoms with Crippen LogP contribution in [-0.2, 0) is 0 Å². The average Bonchev–Trinajstić information content (AvgIpc) is 2.54. The lowest BCUT2D eigenvalue weighted by Crippen LogP contribution is -2.36. The van der Waals surface area contributed by atoms with Crippen LogP contribution in [0.5, 0.6) is 11.5 Å². The Kier molecular flexibility index (Phi) is 5.57. The molecule has 0 aliphatic carbocycles. The van der Waals surface area contributed by atoms with E-state index in [1.807, 2.05) is 38.1 Å². The fourth-order valence-corrected chi connectivity index (χ4v) is 2.09. The van der Waals surface area contributed by atoms with Gasteiger partial charge in [-0.2, -0.15) is 0 Å². The van der Waals surface area contributed by atoms with Gasteiger partial charge in [0.2, 0.25) is 0 Å². The number of carbonyl (C=O) groups is 1. The van der Waals surface area contributed by atoms with Gasteiger partial charge in [0.05, 0.1) is 13.2 Å². The Morgan fingerprint density at radius 2 is 1.96 bits per heavy atom. The van der Waals surface area contributed by atoms with Crippen LogP contribution in [0.25, 0.3) is 0 Å². The van der Waals surface area contributed by atoms with Crippen molar-refractivity contribution in [2.24, 2.45) is 0 Å². The molecule has 2 aromatic carbocycles. The maximum absolute atomic E-state index is 13.6. The molecule has 1 atom stereocenters. The van der Waals surface area contributed by atoms with E-state index in [-0.39, 0.29) is 23.3 Å². The molecule has 5 heteroatoms. The number of halogens is 1. The topological polar surface area (TPSA) is 47.6 Å². The molecule has 0 saturated carbocycles. The first-order valence-corrected chi connectivity index (χ1v) is 7.34. The number of carbonyl (C=O) groups excluding carboxylic acids is 1. The third kappa shape index (κ3) is 4.45. The summed E-state index contributed by atoms with van der Waals surface area (Å²) in [7, 11) is 1.38. The van der Waals surface area contributed by atoms with E-state index in [2.05, 4.69) is 5.32 Å². The minimum absolute atomic E-state index is 0.109. The Morgan fingerprint density at radius 3 is 2.61 bits per heavy atom. The summed E-state index contributed by atoms with van der Waals surface area (Å²) in [5, 5.41) is 2.78. The highest BCUT2D eigenvalue weighted by Crippen LogP contribution is 2.18. The number of rotatable bonds is 6. The molecule has 2 rings (SSSR count). The minimum atomic E-state index is -0.566. The molecule has 1 unspecified atom stereocenters. The van der Waals surface area contributed by atoms with Crippen molar-refractivity contribution in [3.63, 3.8) is 0 Å². The first kappa shape index (κ1) is 16.8. The van der Waals surface area contributed by atoms with E-state index in [1.54, 1.807) is 0 Å². The molecule has 0 saturated heterocycles. The number of hydrogen-bond donors (Lipinski definition) is 1. The Morgan fingerprint density at radius 1 is 1.22 bits per heavy atom. The Balaban J connectivity index is 1.92. The molecular weight excluding hydrogens is 297 g/mol. The SMILES string of the molecule is COc1ccc(C(=O)NC(C)COc2ccccc2C)cc1F. The van der Waals surface area contributed by atoms with Gasteiger partial charge in [-0.15, -0.1) is 0 Å². The highest BCUT2D eigenvalue weighted by molar-refractivity contribution is 5.94. The zero-order chi connectivity index (χ0) is 16.8. The van der Waals surface area contributed by atoms with Crippen molar-refractivity contribution in [2.45, 2.75) is 19.9 Å². The lowest BCUT2D eigenvalue weighted by molar-refractivity contribution is 0.0926. The molecule has 0 aliphatic rings. The van der Waals surface area contributed by atoms with Gasteiger partial charge in [0.15, 0.2) is 11.6 Å². The van der Waals surface area contributed by atoms with E-state index < -0.39 is 5.82 Å². The lowest BCUT2D eigenvalue weighted by atomic mass is 10.2. The number of ether oxygens (including phenoxy) is 2. The Bertz CT molecular complexity index is 688. The zero-order valence-corrected chi connectivity index (χ0v) is 13.4. The van der Waals surface area contributed by atoms with Crippen LogP contribution in [0.4, 0.5) is 4.39 Å². The van der Waals surface area contributed by atoms with Gasteiger partial charge in [-0.3, -0.25) is 4.79 Å². The van der Waals surface area contributed by atoms with Crippen molar-refractivity contribution in [1.82, 2.24) is 5.32 Å². The first-order valence-electron chi connectivity index (χ1n) is 7.34. The highest BCUT2D eigenvalue weighted by Gasteiger charge is 2.13. The van der Waals surface area contributed by atoms with E-state index in [0.29, 0.717) is 6.61 Å². The van der Waals surface area contributed by atoms with Crippen molar-refractivity contribution >= 4 is 5.91 Å². The van der Waals surface area contributed by atoms with Gasteiger partial charge in [-0.1, -0.05) is 18.2 Å². The van der Waals surface area contributed by atoms with Gasteiger partial charge in [-0.25, -0.2) is 4.39 Å². The monoisotopic (exact) mass is 317 g/mol. The normalized spacial score (nSPS) is 11.7. The van der Waals surface area contributed by atoms with Crippen molar-refractivity contribution < 1.29 is 18.7 Å². The fraction of sp³-hybridized carbons (Fsp3) is 0.278. The second-order valence-corrected chi connectivity index (χ2v) is 5.30. The van der Waals surface area contributed by atoms with Gasteiger partial charge in [0.1, 0.15) is 12.4 Å². The predicted molar refractivity (Wildman–Crippen MR) is 86.6 cm³/mol. The largest absolute Gasteiger partial charge is 0.494 e. The second-order valence-electron chi connectivity index (χ2n) is 5.30. The second kappa shape index (κ2) is 7.63. The van der Waals surface area contributed by atoms with Gasteiger partial charge in [-0.05, 0) is 43.7 Å². The molecule has 0 aliphatic heterocycles. The Hall–Kier alpha value is -2.56. The van der Waals surface area contributed by atoms with Crippen LogP contribution in [0.15, 0.2) is 42.5 Å². The lowest BCUT2D eigenvalue weighted by Gasteiger charge is -2.16. The van der Waals surface area contributed by atoms with Gasteiger partial charge in [0, 0.05) is 5.56 Å². The molecule has 122 valence electrons. The van der Waals surface area contributed by atoms with Gasteiger partial charge in [0.25, 0.3) is 5.91 Å². The molecule has 0 bridgehead atoms. The molecular formula is C18H20FNO3. The van der Waals surface area contributed by atoms with Crippen molar-refractivity contribution in [2.75, 3.05) is 13.7 Å². The number of nitrogens with one attached hydrogen (secondary N) is 1. The summed E-state index contributed by atoms with van der Waals surface area (Å²) < 4.78 is 24.2. The van der Waals surface area contributed by atoms with E-state index in [1.165, 1.54) is 19.2 Å². The van der Waals surface area contributed by atoms with Crippen molar-refractivity contribution in [3.05, 3.63) is 59.4 Å². The fourth-order valence-electron chi connectivity index (χ4n) is 2.09. The number of benzene rings is 2. The number of aryl methyl sites for hydroxylation is 1. The first-order chi connectivity index (χ1) is 11.0.